The van der Waals surface area contributed by atoms with Crippen LogP contribution in [-0.2, 0) is 24.5 Å². The molecule has 1 aromatic heterocycles. The Morgan fingerprint density at radius 1 is 1.21 bits per heavy atom. The lowest BCUT2D eigenvalue weighted by atomic mass is 9.72. The van der Waals surface area contributed by atoms with Gasteiger partial charge in [-0.3, -0.25) is 9.59 Å². The molecule has 9 nitrogen and oxygen atoms in total. The topological polar surface area (TPSA) is 129 Å². The van der Waals surface area contributed by atoms with E-state index in [0.29, 0.717) is 11.4 Å². The van der Waals surface area contributed by atoms with E-state index in [1.54, 1.807) is 24.3 Å². The number of nitriles is 1. The van der Waals surface area contributed by atoms with Crippen LogP contribution in [0.25, 0.3) is 5.69 Å². The SMILES string of the molecule is COC(=O)C1(C(=O)OC)C(C#N)=C(N)Oc2c1c(C(C)C)nn2-c1ccccc1. The van der Waals surface area contributed by atoms with Gasteiger partial charge in [0.15, 0.2) is 0 Å². The molecule has 2 aromatic rings. The van der Waals surface area contributed by atoms with E-state index < -0.39 is 28.8 Å². The third-order valence-electron chi connectivity index (χ3n) is 4.72. The first kappa shape index (κ1) is 19.9. The molecule has 1 aliphatic rings. The summed E-state index contributed by atoms with van der Waals surface area (Å²) in [7, 11) is 2.23. The predicted octanol–water partition coefficient (Wildman–Crippen LogP) is 1.67. The summed E-state index contributed by atoms with van der Waals surface area (Å²) < 4.78 is 17.0. The van der Waals surface area contributed by atoms with E-state index in [-0.39, 0.29) is 17.4 Å². The van der Waals surface area contributed by atoms with Gasteiger partial charge in [-0.2, -0.15) is 10.4 Å². The summed E-state index contributed by atoms with van der Waals surface area (Å²) in [5.74, 6) is -2.61. The lowest BCUT2D eigenvalue weighted by molar-refractivity contribution is -0.160. The summed E-state index contributed by atoms with van der Waals surface area (Å²) in [5.41, 5.74) is 4.40. The van der Waals surface area contributed by atoms with Crippen molar-refractivity contribution in [1.82, 2.24) is 9.78 Å². The van der Waals surface area contributed by atoms with Crippen molar-refractivity contribution in [3.05, 3.63) is 53.0 Å². The van der Waals surface area contributed by atoms with Crippen LogP contribution < -0.4 is 10.5 Å². The second-order valence-electron chi connectivity index (χ2n) is 6.65. The van der Waals surface area contributed by atoms with Gasteiger partial charge in [-0.15, -0.1) is 0 Å². The third kappa shape index (κ3) is 2.72. The minimum absolute atomic E-state index is 0.0483. The number of benzene rings is 1. The van der Waals surface area contributed by atoms with Crippen LogP contribution >= 0.6 is 0 Å². The number of methoxy groups -OCH3 is 2. The Kier molecular flexibility index (Phi) is 5.03. The second kappa shape index (κ2) is 7.31. The van der Waals surface area contributed by atoms with E-state index >= 15 is 0 Å². The maximum Gasteiger partial charge on any atom is 0.333 e. The summed E-state index contributed by atoms with van der Waals surface area (Å²) in [4.78, 5) is 26.1. The zero-order valence-electron chi connectivity index (χ0n) is 16.4. The number of hydrogen-bond acceptors (Lipinski definition) is 8. The molecule has 0 aliphatic carbocycles. The van der Waals surface area contributed by atoms with Gasteiger partial charge < -0.3 is 19.9 Å². The van der Waals surface area contributed by atoms with E-state index in [2.05, 4.69) is 5.10 Å². The van der Waals surface area contributed by atoms with Gasteiger partial charge in [0.1, 0.15) is 11.6 Å². The quantitative estimate of drug-likeness (QED) is 0.610. The van der Waals surface area contributed by atoms with Crippen molar-refractivity contribution in [3.63, 3.8) is 0 Å². The van der Waals surface area contributed by atoms with Gasteiger partial charge in [-0.1, -0.05) is 32.0 Å². The fourth-order valence-corrected chi connectivity index (χ4v) is 3.42. The molecule has 0 saturated carbocycles. The first-order chi connectivity index (χ1) is 13.8. The minimum atomic E-state index is -2.25. The lowest BCUT2D eigenvalue weighted by Gasteiger charge is -2.32. The molecule has 9 heteroatoms. The number of nitrogens with two attached hydrogens (primary N) is 1. The molecule has 2 heterocycles. The molecular formula is C20H20N4O5. The lowest BCUT2D eigenvalue weighted by Crippen LogP contribution is -2.50. The Morgan fingerprint density at radius 2 is 1.79 bits per heavy atom. The molecule has 0 bridgehead atoms. The number of carbonyl (C=O) groups is 2. The highest BCUT2D eigenvalue weighted by Gasteiger charge is 2.62. The second-order valence-corrected chi connectivity index (χ2v) is 6.65. The number of ether oxygens (including phenoxy) is 3. The molecule has 1 aliphatic heterocycles. The summed E-state index contributed by atoms with van der Waals surface area (Å²) >= 11 is 0. The normalized spacial score (nSPS) is 14.6. The fraction of sp³-hybridized carbons (Fsp3) is 0.300. The standard InChI is InChI=1S/C20H20N4O5/c1-11(2)15-14-17(24(23-15)12-8-6-5-7-9-12)29-16(22)13(10-21)20(14,18(25)27-3)19(26)28-4/h5-9,11H,22H2,1-4H3. The first-order valence-electron chi connectivity index (χ1n) is 8.78. The Bertz CT molecular complexity index is 1030. The van der Waals surface area contributed by atoms with Crippen LogP contribution in [0.5, 0.6) is 5.88 Å². The van der Waals surface area contributed by atoms with Gasteiger partial charge >= 0.3 is 11.9 Å². The van der Waals surface area contributed by atoms with Gasteiger partial charge in [0.05, 0.1) is 31.2 Å². The molecule has 3 rings (SSSR count). The Balaban J connectivity index is 2.50. The maximum absolute atomic E-state index is 13.0. The molecule has 0 saturated heterocycles. The van der Waals surface area contributed by atoms with Crippen molar-refractivity contribution in [2.24, 2.45) is 5.73 Å². The number of rotatable bonds is 4. The van der Waals surface area contributed by atoms with E-state index in [1.807, 2.05) is 26.0 Å². The molecule has 0 amide bonds. The highest BCUT2D eigenvalue weighted by atomic mass is 16.5. The average Bonchev–Trinajstić information content (AvgIpc) is 3.11. The van der Waals surface area contributed by atoms with Crippen LogP contribution in [0, 0.1) is 11.3 Å². The Hall–Kier alpha value is -3.80. The van der Waals surface area contributed by atoms with Crippen LogP contribution in [0.1, 0.15) is 31.0 Å². The molecule has 150 valence electrons. The highest BCUT2D eigenvalue weighted by molar-refractivity contribution is 6.12. The average molecular weight is 396 g/mol. The molecular weight excluding hydrogens is 376 g/mol. The van der Waals surface area contributed by atoms with Crippen LogP contribution in [0.3, 0.4) is 0 Å². The number of esters is 2. The number of nitrogens with zero attached hydrogens (tertiary/aromatic N) is 3. The molecule has 0 radical (unpaired) electrons. The molecule has 0 atom stereocenters. The zero-order valence-corrected chi connectivity index (χ0v) is 16.4. The van der Waals surface area contributed by atoms with Crippen LogP contribution in [0.4, 0.5) is 0 Å². The van der Waals surface area contributed by atoms with Gasteiger partial charge in [0.2, 0.25) is 17.2 Å². The molecule has 1 aromatic carbocycles. The fourth-order valence-electron chi connectivity index (χ4n) is 3.42. The Morgan fingerprint density at radius 3 is 2.28 bits per heavy atom. The smallest absolute Gasteiger partial charge is 0.333 e. The van der Waals surface area contributed by atoms with E-state index in [0.717, 1.165) is 14.2 Å². The van der Waals surface area contributed by atoms with E-state index in [4.69, 9.17) is 19.9 Å². The van der Waals surface area contributed by atoms with E-state index in [9.17, 15) is 14.9 Å². The predicted molar refractivity (Wildman–Crippen MR) is 101 cm³/mol. The molecule has 0 unspecified atom stereocenters. The van der Waals surface area contributed by atoms with E-state index in [1.165, 1.54) is 4.68 Å². The molecule has 2 N–H and O–H groups in total. The molecule has 0 fully saturated rings. The maximum atomic E-state index is 13.0. The number of aromatic nitrogens is 2. The largest absolute Gasteiger partial charge is 0.468 e. The monoisotopic (exact) mass is 396 g/mol. The number of fused-ring (bicyclic) bond motifs is 1. The van der Waals surface area contributed by atoms with Gasteiger partial charge in [0.25, 0.3) is 0 Å². The molecule has 0 spiro atoms. The summed E-state index contributed by atoms with van der Waals surface area (Å²) in [6.07, 6.45) is 0. The van der Waals surface area contributed by atoms with Crippen molar-refractivity contribution < 1.29 is 23.8 Å². The van der Waals surface area contributed by atoms with Crippen LogP contribution in [-0.4, -0.2) is 35.9 Å². The molecule has 29 heavy (non-hydrogen) atoms. The third-order valence-corrected chi connectivity index (χ3v) is 4.72. The highest BCUT2D eigenvalue weighted by Crippen LogP contribution is 2.48. The summed E-state index contributed by atoms with van der Waals surface area (Å²) in [5, 5.41) is 14.3. The number of para-hydroxylation sites is 1. The number of carbonyl (C=O) groups excluding carboxylic acids is 2. The number of hydrogen-bond donors (Lipinski definition) is 1. The van der Waals surface area contributed by atoms with Crippen LogP contribution in [0.2, 0.25) is 0 Å². The van der Waals surface area contributed by atoms with Gasteiger partial charge in [0, 0.05) is 0 Å². The van der Waals surface area contributed by atoms with Gasteiger partial charge in [-0.05, 0) is 18.1 Å². The summed E-state index contributed by atoms with van der Waals surface area (Å²) in [6, 6.07) is 10.8. The Labute approximate surface area is 167 Å². The van der Waals surface area contributed by atoms with Crippen molar-refractivity contribution in [2.75, 3.05) is 14.2 Å². The van der Waals surface area contributed by atoms with Crippen molar-refractivity contribution in [3.8, 4) is 17.6 Å². The van der Waals surface area contributed by atoms with Crippen molar-refractivity contribution in [2.45, 2.75) is 25.2 Å². The van der Waals surface area contributed by atoms with Crippen molar-refractivity contribution >= 4 is 11.9 Å². The first-order valence-corrected chi connectivity index (χ1v) is 8.78. The van der Waals surface area contributed by atoms with Crippen molar-refractivity contribution in [1.29, 1.82) is 5.26 Å². The van der Waals surface area contributed by atoms with Gasteiger partial charge in [-0.25, -0.2) is 4.68 Å². The van der Waals surface area contributed by atoms with Crippen LogP contribution in [0.15, 0.2) is 41.8 Å². The zero-order chi connectivity index (χ0) is 21.3. The summed E-state index contributed by atoms with van der Waals surface area (Å²) in [6.45, 7) is 3.68. The minimum Gasteiger partial charge on any atom is -0.468 e.